The Balaban J connectivity index is 1.07. The van der Waals surface area contributed by atoms with Crippen LogP contribution in [0.15, 0.2) is 40.9 Å². The fourth-order valence-corrected chi connectivity index (χ4v) is 10.9. The van der Waals surface area contributed by atoms with E-state index < -0.39 is 19.8 Å². The number of anilines is 1. The van der Waals surface area contributed by atoms with Gasteiger partial charge in [0, 0.05) is 12.6 Å². The SMILES string of the molecule is CCc1nnc(-c2cnc(N3CCN(C4CCN(C(COC)c5ccc(I6CC6)cc5)CC4)[C@@H](CC)C3)c(Cl)c2)o1. The van der Waals surface area contributed by atoms with Gasteiger partial charge in [-0.1, -0.05) is 25.4 Å². The number of halogens is 2. The standard InChI is InChI=1S/C31H42ClIN6O2/c1-4-25-20-38(30-27(32)18-23(19-34-30)31-36-35-29(5-2)41-31)16-17-39(25)26-10-14-37(15-11-26)28(21-40-3)22-6-8-24(9-7-22)33-12-13-33/h6-9,18-19,25-26,28H,4-5,10-17,20-21H2,1-3H3/t25-,28?/m0/s1. The van der Waals surface area contributed by atoms with E-state index in [9.17, 15) is 0 Å². The second-order valence-electron chi connectivity index (χ2n) is 11.3. The minimum absolute atomic E-state index is 0.341. The summed E-state index contributed by atoms with van der Waals surface area (Å²) in [6, 6.07) is 12.9. The van der Waals surface area contributed by atoms with Gasteiger partial charge in [-0.05, 0) is 6.07 Å². The number of alkyl halides is 2. The van der Waals surface area contributed by atoms with Crippen LogP contribution < -0.4 is 4.90 Å². The van der Waals surface area contributed by atoms with Gasteiger partial charge in [0.2, 0.25) is 11.8 Å². The number of methoxy groups -OCH3 is 1. The van der Waals surface area contributed by atoms with E-state index in [-0.39, 0.29) is 0 Å². The van der Waals surface area contributed by atoms with Crippen LogP contribution in [-0.4, -0.2) is 92.4 Å². The number of aromatic nitrogens is 3. The van der Waals surface area contributed by atoms with Gasteiger partial charge in [-0.25, -0.2) is 4.98 Å². The van der Waals surface area contributed by atoms with Gasteiger partial charge in [-0.2, -0.15) is 0 Å². The number of benzene rings is 1. The van der Waals surface area contributed by atoms with Gasteiger partial charge in [-0.15, -0.1) is 10.2 Å². The first kappa shape index (κ1) is 29.3. The molecule has 5 heterocycles. The molecule has 0 bridgehead atoms. The molecule has 3 aliphatic heterocycles. The van der Waals surface area contributed by atoms with Crippen molar-refractivity contribution in [3.05, 3.63) is 56.6 Å². The van der Waals surface area contributed by atoms with Crippen LogP contribution in [0.3, 0.4) is 0 Å². The Morgan fingerprint density at radius 1 is 1.07 bits per heavy atom. The molecular weight excluding hydrogens is 651 g/mol. The summed E-state index contributed by atoms with van der Waals surface area (Å²) in [5, 5.41) is 8.84. The van der Waals surface area contributed by atoms with Gasteiger partial charge in [0.05, 0.1) is 10.6 Å². The zero-order valence-corrected chi connectivity index (χ0v) is 27.4. The molecule has 3 aliphatic rings. The summed E-state index contributed by atoms with van der Waals surface area (Å²) in [5.41, 5.74) is 2.17. The van der Waals surface area contributed by atoms with Crippen LogP contribution in [0.5, 0.6) is 0 Å². The molecule has 0 radical (unpaired) electrons. The molecule has 2 aromatic heterocycles. The maximum atomic E-state index is 6.76. The molecule has 41 heavy (non-hydrogen) atoms. The molecule has 3 saturated heterocycles. The summed E-state index contributed by atoms with van der Waals surface area (Å²) >= 11 is 6.05. The summed E-state index contributed by atoms with van der Waals surface area (Å²) in [6.45, 7) is 10.2. The minimum Gasteiger partial charge on any atom is -0.421 e. The van der Waals surface area contributed by atoms with Crippen molar-refractivity contribution < 1.29 is 9.15 Å². The molecule has 1 aromatic carbocycles. The molecule has 3 fully saturated rings. The molecule has 0 N–H and O–H groups in total. The van der Waals surface area contributed by atoms with Crippen molar-refractivity contribution in [3.63, 3.8) is 0 Å². The minimum atomic E-state index is -0.703. The Kier molecular flexibility index (Phi) is 9.46. The van der Waals surface area contributed by atoms with Crippen molar-refractivity contribution in [2.24, 2.45) is 0 Å². The number of aryl methyl sites for hydroxylation is 1. The first-order chi connectivity index (χ1) is 20.1. The van der Waals surface area contributed by atoms with Crippen molar-refractivity contribution in [1.82, 2.24) is 25.0 Å². The normalized spacial score (nSPS) is 22.3. The molecule has 1 unspecified atom stereocenters. The van der Waals surface area contributed by atoms with E-state index in [2.05, 4.69) is 56.1 Å². The van der Waals surface area contributed by atoms with E-state index in [1.54, 1.807) is 9.77 Å². The number of hydrogen-bond donors (Lipinski definition) is 0. The molecule has 0 spiro atoms. The number of ether oxygens (including phenoxy) is 1. The summed E-state index contributed by atoms with van der Waals surface area (Å²) in [4.78, 5) is 12.5. The third-order valence-corrected chi connectivity index (χ3v) is 13.7. The van der Waals surface area contributed by atoms with Gasteiger partial charge in [0.1, 0.15) is 5.82 Å². The molecule has 3 aromatic rings. The third kappa shape index (κ3) is 6.59. The Labute approximate surface area is 256 Å². The van der Waals surface area contributed by atoms with Gasteiger partial charge in [0.15, 0.2) is 0 Å². The van der Waals surface area contributed by atoms with Crippen LogP contribution in [0.1, 0.15) is 50.6 Å². The van der Waals surface area contributed by atoms with Gasteiger partial charge in [0.25, 0.3) is 0 Å². The smallest absolute Gasteiger partial charge is 0.421 e. The average molecular weight is 693 g/mol. The fraction of sp³-hybridized carbons (Fsp3) is 0.581. The molecule has 8 nitrogen and oxygen atoms in total. The second kappa shape index (κ2) is 13.2. The van der Waals surface area contributed by atoms with Crippen molar-refractivity contribution >= 4 is 37.2 Å². The van der Waals surface area contributed by atoms with E-state index in [4.69, 9.17) is 25.7 Å². The number of pyridine rings is 1. The van der Waals surface area contributed by atoms with Crippen LogP contribution in [-0.2, 0) is 11.2 Å². The maximum absolute atomic E-state index is 6.76. The Morgan fingerprint density at radius 2 is 1.85 bits per heavy atom. The molecule has 2 atom stereocenters. The number of rotatable bonds is 10. The van der Waals surface area contributed by atoms with E-state index in [0.717, 1.165) is 57.1 Å². The summed E-state index contributed by atoms with van der Waals surface area (Å²) in [5.74, 6) is 1.93. The summed E-state index contributed by atoms with van der Waals surface area (Å²) < 4.78 is 16.1. The van der Waals surface area contributed by atoms with Crippen LogP contribution in [0.25, 0.3) is 11.5 Å². The molecule has 0 saturated carbocycles. The monoisotopic (exact) mass is 692 g/mol. The van der Waals surface area contributed by atoms with E-state index in [1.807, 2.05) is 20.1 Å². The van der Waals surface area contributed by atoms with Gasteiger partial charge < -0.3 is 9.32 Å². The molecule has 0 amide bonds. The third-order valence-electron chi connectivity index (χ3n) is 8.81. The Morgan fingerprint density at radius 3 is 2.49 bits per heavy atom. The molecule has 6 rings (SSSR count). The van der Waals surface area contributed by atoms with Crippen molar-refractivity contribution in [1.29, 1.82) is 0 Å². The summed E-state index contributed by atoms with van der Waals surface area (Å²) in [7, 11) is 1.83. The van der Waals surface area contributed by atoms with E-state index in [0.29, 0.717) is 41.4 Å². The zero-order valence-electron chi connectivity index (χ0n) is 24.4. The number of nitrogens with zero attached hydrogens (tertiary/aromatic N) is 6. The van der Waals surface area contributed by atoms with Gasteiger partial charge >= 0.3 is 160 Å². The van der Waals surface area contributed by atoms with Crippen LogP contribution in [0.2, 0.25) is 5.02 Å². The van der Waals surface area contributed by atoms with Crippen molar-refractivity contribution in [3.8, 4) is 11.5 Å². The van der Waals surface area contributed by atoms with Crippen LogP contribution in [0, 0.1) is 3.57 Å². The predicted molar refractivity (Wildman–Crippen MR) is 173 cm³/mol. The van der Waals surface area contributed by atoms with E-state index in [1.165, 1.54) is 27.3 Å². The fourth-order valence-electron chi connectivity index (χ4n) is 6.42. The number of hydrogen-bond acceptors (Lipinski definition) is 8. The topological polar surface area (TPSA) is 70.8 Å². The van der Waals surface area contributed by atoms with E-state index >= 15 is 0 Å². The zero-order chi connectivity index (χ0) is 28.3. The van der Waals surface area contributed by atoms with Crippen LogP contribution in [0.4, 0.5) is 5.82 Å². The quantitative estimate of drug-likeness (QED) is 0.196. The first-order valence-corrected chi connectivity index (χ1v) is 19.5. The number of piperidine rings is 1. The number of piperazine rings is 1. The second-order valence-corrected chi connectivity index (χ2v) is 17.7. The summed E-state index contributed by atoms with van der Waals surface area (Å²) in [6.07, 6.45) is 6.01. The molecule has 222 valence electrons. The Hall–Kier alpha value is -1.79. The molecule has 0 aliphatic carbocycles. The van der Waals surface area contributed by atoms with Gasteiger partial charge in [-0.3, -0.25) is 0 Å². The first-order valence-electron chi connectivity index (χ1n) is 15.0. The molecular formula is C31H42ClIN6O2. The molecule has 10 heteroatoms. The van der Waals surface area contributed by atoms with Crippen molar-refractivity contribution in [2.75, 3.05) is 60.2 Å². The number of likely N-dealkylation sites (tertiary alicyclic amines) is 1. The van der Waals surface area contributed by atoms with Crippen LogP contribution >= 0.6 is 31.4 Å². The average Bonchev–Trinajstić information content (AvgIpc) is 3.76. The predicted octanol–water partition coefficient (Wildman–Crippen LogP) is 5.79. The Bertz CT molecular complexity index is 1290. The van der Waals surface area contributed by atoms with Crippen molar-refractivity contribution in [2.45, 2.75) is 57.7 Å².